The third kappa shape index (κ3) is 3.45. The second-order valence-electron chi connectivity index (χ2n) is 4.25. The van der Waals surface area contributed by atoms with E-state index >= 15 is 0 Å². The van der Waals surface area contributed by atoms with E-state index in [1.54, 1.807) is 24.3 Å². The van der Waals surface area contributed by atoms with Gasteiger partial charge in [0.2, 0.25) is 0 Å². The maximum absolute atomic E-state index is 11.8. The summed E-state index contributed by atoms with van der Waals surface area (Å²) in [6, 6.07) is 13.0. The molecule has 2 rings (SSSR count). The first-order chi connectivity index (χ1) is 10.5. The number of nitriles is 1. The summed E-state index contributed by atoms with van der Waals surface area (Å²) in [4.78, 5) is 24.0. The van der Waals surface area contributed by atoms with Crippen LogP contribution in [0.1, 0.15) is 26.3 Å². The van der Waals surface area contributed by atoms with Gasteiger partial charge in [-0.2, -0.15) is 5.26 Å². The monoisotopic (exact) mass is 313 g/mol. The zero-order valence-electron chi connectivity index (χ0n) is 11.6. The molecule has 0 saturated heterocycles. The van der Waals surface area contributed by atoms with Gasteiger partial charge in [0.25, 0.3) is 0 Å². The molecular weight excluding hydrogens is 302 g/mol. The highest BCUT2D eigenvalue weighted by Gasteiger charge is 2.14. The molecule has 110 valence electrons. The Balaban J connectivity index is 2.34. The molecule has 6 heteroatoms. The van der Waals surface area contributed by atoms with Gasteiger partial charge in [-0.1, -0.05) is 11.8 Å². The Morgan fingerprint density at radius 3 is 2.41 bits per heavy atom. The number of carbonyl (C=O) groups excluding carboxylic acids is 1. The average Bonchev–Trinajstić information content (AvgIpc) is 2.55. The van der Waals surface area contributed by atoms with E-state index in [0.717, 1.165) is 4.90 Å². The number of rotatable bonds is 4. The summed E-state index contributed by atoms with van der Waals surface area (Å²) in [6.45, 7) is 0. The first-order valence-electron chi connectivity index (χ1n) is 6.19. The lowest BCUT2D eigenvalue weighted by Gasteiger charge is -2.08. The number of carboxylic acids is 1. The van der Waals surface area contributed by atoms with Gasteiger partial charge in [-0.05, 0) is 42.5 Å². The molecule has 0 bridgehead atoms. The summed E-state index contributed by atoms with van der Waals surface area (Å²) in [5.41, 5.74) is 0.859. The SMILES string of the molecule is COC(=O)c1cc(C#N)ccc1Sc1ccc(C(=O)O)cc1. The number of aromatic carboxylic acids is 1. The van der Waals surface area contributed by atoms with Crippen LogP contribution in [0.4, 0.5) is 0 Å². The third-order valence-corrected chi connectivity index (χ3v) is 3.93. The lowest BCUT2D eigenvalue weighted by molar-refractivity contribution is 0.0596. The first-order valence-corrected chi connectivity index (χ1v) is 7.00. The van der Waals surface area contributed by atoms with Crippen LogP contribution in [-0.4, -0.2) is 24.2 Å². The molecule has 5 nitrogen and oxygen atoms in total. The molecule has 0 aliphatic rings. The topological polar surface area (TPSA) is 87.4 Å². The van der Waals surface area contributed by atoms with Gasteiger partial charge in [-0.15, -0.1) is 0 Å². The van der Waals surface area contributed by atoms with Gasteiger partial charge >= 0.3 is 11.9 Å². The molecule has 0 radical (unpaired) electrons. The minimum Gasteiger partial charge on any atom is -0.478 e. The normalized spacial score (nSPS) is 9.82. The van der Waals surface area contributed by atoms with E-state index in [-0.39, 0.29) is 5.56 Å². The quantitative estimate of drug-likeness (QED) is 0.872. The number of hydrogen-bond donors (Lipinski definition) is 1. The van der Waals surface area contributed by atoms with E-state index in [4.69, 9.17) is 15.1 Å². The van der Waals surface area contributed by atoms with Crippen molar-refractivity contribution in [2.45, 2.75) is 9.79 Å². The Morgan fingerprint density at radius 1 is 1.18 bits per heavy atom. The van der Waals surface area contributed by atoms with Crippen LogP contribution < -0.4 is 0 Å². The van der Waals surface area contributed by atoms with Crippen molar-refractivity contribution >= 4 is 23.7 Å². The fraction of sp³-hybridized carbons (Fsp3) is 0.0625. The minimum atomic E-state index is -0.995. The second kappa shape index (κ2) is 6.78. The molecule has 2 aromatic carbocycles. The molecule has 0 aliphatic heterocycles. The molecule has 0 aromatic heterocycles. The summed E-state index contributed by atoms with van der Waals surface area (Å²) in [5, 5.41) is 17.8. The lowest BCUT2D eigenvalue weighted by Crippen LogP contribution is -2.03. The second-order valence-corrected chi connectivity index (χ2v) is 5.36. The van der Waals surface area contributed by atoms with Crippen LogP contribution in [0, 0.1) is 11.3 Å². The van der Waals surface area contributed by atoms with E-state index in [1.807, 2.05) is 6.07 Å². The van der Waals surface area contributed by atoms with E-state index in [9.17, 15) is 9.59 Å². The molecular formula is C16H11NO4S. The van der Waals surface area contributed by atoms with E-state index in [0.29, 0.717) is 16.0 Å². The summed E-state index contributed by atoms with van der Waals surface area (Å²) in [5.74, 6) is -1.52. The third-order valence-electron chi connectivity index (χ3n) is 2.84. The molecule has 0 heterocycles. The van der Waals surface area contributed by atoms with Gasteiger partial charge in [-0.3, -0.25) is 0 Å². The Kier molecular flexibility index (Phi) is 4.81. The molecule has 0 fully saturated rings. The van der Waals surface area contributed by atoms with Crippen molar-refractivity contribution in [1.82, 2.24) is 0 Å². The van der Waals surface area contributed by atoms with Crippen molar-refractivity contribution < 1.29 is 19.4 Å². The fourth-order valence-electron chi connectivity index (χ4n) is 1.75. The van der Waals surface area contributed by atoms with Gasteiger partial charge in [-0.25, -0.2) is 9.59 Å². The Hall–Kier alpha value is -2.78. The zero-order valence-corrected chi connectivity index (χ0v) is 12.4. The molecule has 0 atom stereocenters. The highest BCUT2D eigenvalue weighted by atomic mass is 32.2. The average molecular weight is 313 g/mol. The van der Waals surface area contributed by atoms with Crippen LogP contribution in [0.5, 0.6) is 0 Å². The van der Waals surface area contributed by atoms with Crippen molar-refractivity contribution in [1.29, 1.82) is 5.26 Å². The molecule has 2 aromatic rings. The summed E-state index contributed by atoms with van der Waals surface area (Å²) in [7, 11) is 1.28. The summed E-state index contributed by atoms with van der Waals surface area (Å²) >= 11 is 1.29. The van der Waals surface area contributed by atoms with Crippen LogP contribution in [0.3, 0.4) is 0 Å². The predicted molar refractivity (Wildman–Crippen MR) is 80.0 cm³/mol. The van der Waals surface area contributed by atoms with Crippen LogP contribution >= 0.6 is 11.8 Å². The molecule has 0 aliphatic carbocycles. The Bertz CT molecular complexity index is 763. The van der Waals surface area contributed by atoms with E-state index < -0.39 is 11.9 Å². The summed E-state index contributed by atoms with van der Waals surface area (Å²) < 4.78 is 4.73. The van der Waals surface area contributed by atoms with Gasteiger partial charge in [0.05, 0.1) is 29.9 Å². The molecule has 0 unspecified atom stereocenters. The van der Waals surface area contributed by atoms with Crippen LogP contribution in [-0.2, 0) is 4.74 Å². The number of esters is 1. The smallest absolute Gasteiger partial charge is 0.339 e. The summed E-state index contributed by atoms with van der Waals surface area (Å²) in [6.07, 6.45) is 0. The van der Waals surface area contributed by atoms with Gasteiger partial charge in [0.15, 0.2) is 0 Å². The molecule has 0 spiro atoms. The maximum atomic E-state index is 11.8. The van der Waals surface area contributed by atoms with Gasteiger partial charge < -0.3 is 9.84 Å². The molecule has 0 amide bonds. The first kappa shape index (κ1) is 15.6. The highest BCUT2D eigenvalue weighted by molar-refractivity contribution is 7.99. The number of carbonyl (C=O) groups is 2. The molecule has 0 saturated carbocycles. The molecule has 22 heavy (non-hydrogen) atoms. The standard InChI is InChI=1S/C16H11NO4S/c1-21-16(20)13-8-10(9-17)2-7-14(13)22-12-5-3-11(4-6-12)15(18)19/h2-8H,1H3,(H,18,19). The Labute approximate surface area is 131 Å². The van der Waals surface area contributed by atoms with Crippen molar-refractivity contribution in [2.75, 3.05) is 7.11 Å². The van der Waals surface area contributed by atoms with E-state index in [2.05, 4.69) is 0 Å². The number of benzene rings is 2. The highest BCUT2D eigenvalue weighted by Crippen LogP contribution is 2.31. The van der Waals surface area contributed by atoms with Crippen molar-refractivity contribution in [3.63, 3.8) is 0 Å². The minimum absolute atomic E-state index is 0.192. The lowest BCUT2D eigenvalue weighted by atomic mass is 10.1. The number of ether oxygens (including phenoxy) is 1. The number of hydrogen-bond acceptors (Lipinski definition) is 5. The van der Waals surface area contributed by atoms with Gasteiger partial charge in [0.1, 0.15) is 0 Å². The Morgan fingerprint density at radius 2 is 1.86 bits per heavy atom. The van der Waals surface area contributed by atoms with Crippen LogP contribution in [0.25, 0.3) is 0 Å². The maximum Gasteiger partial charge on any atom is 0.339 e. The number of nitrogens with zero attached hydrogens (tertiary/aromatic N) is 1. The van der Waals surface area contributed by atoms with Crippen molar-refractivity contribution in [2.24, 2.45) is 0 Å². The van der Waals surface area contributed by atoms with Gasteiger partial charge in [0, 0.05) is 9.79 Å². The number of carboxylic acid groups (broad SMARTS) is 1. The predicted octanol–water partition coefficient (Wildman–Crippen LogP) is 3.19. The zero-order chi connectivity index (χ0) is 16.1. The fourth-order valence-corrected chi connectivity index (χ4v) is 2.66. The van der Waals surface area contributed by atoms with E-state index in [1.165, 1.54) is 37.1 Å². The largest absolute Gasteiger partial charge is 0.478 e. The van der Waals surface area contributed by atoms with Crippen LogP contribution in [0.2, 0.25) is 0 Å². The van der Waals surface area contributed by atoms with Crippen molar-refractivity contribution in [3.05, 3.63) is 59.2 Å². The van der Waals surface area contributed by atoms with Crippen LogP contribution in [0.15, 0.2) is 52.3 Å². The van der Waals surface area contributed by atoms with Crippen molar-refractivity contribution in [3.8, 4) is 6.07 Å². The number of methoxy groups -OCH3 is 1. The molecule has 1 N–H and O–H groups in total.